The maximum Gasteiger partial charge on any atom is 0.257 e. The Bertz CT molecular complexity index is 921. The number of aromatic amines is 1. The van der Waals surface area contributed by atoms with Gasteiger partial charge < -0.3 is 10.3 Å². The minimum Gasteiger partial charge on any atom is -0.364 e. The highest BCUT2D eigenvalue weighted by atomic mass is 35.5. The number of hydrogen-bond donors (Lipinski definition) is 2. The van der Waals surface area contributed by atoms with Crippen LogP contribution in [0.4, 0.5) is 5.69 Å². The van der Waals surface area contributed by atoms with Gasteiger partial charge in [0.2, 0.25) is 0 Å². The van der Waals surface area contributed by atoms with E-state index >= 15 is 0 Å². The van der Waals surface area contributed by atoms with Crippen molar-refractivity contribution in [3.8, 4) is 11.3 Å². The minimum atomic E-state index is -0.242. The van der Waals surface area contributed by atoms with Gasteiger partial charge >= 0.3 is 0 Å². The van der Waals surface area contributed by atoms with Crippen LogP contribution in [0.3, 0.4) is 0 Å². The smallest absolute Gasteiger partial charge is 0.257 e. The van der Waals surface area contributed by atoms with E-state index in [2.05, 4.69) is 25.3 Å². The molecule has 3 aromatic heterocycles. The molecule has 4 rings (SSSR count). The molecule has 24 heavy (non-hydrogen) atoms. The van der Waals surface area contributed by atoms with Crippen molar-refractivity contribution in [2.45, 2.75) is 19.3 Å². The van der Waals surface area contributed by atoms with Crippen molar-refractivity contribution < 1.29 is 4.79 Å². The highest BCUT2D eigenvalue weighted by Gasteiger charge is 2.24. The van der Waals surface area contributed by atoms with Crippen LogP contribution in [0.15, 0.2) is 37.1 Å². The fourth-order valence-electron chi connectivity index (χ4n) is 3.00. The van der Waals surface area contributed by atoms with Gasteiger partial charge in [0, 0.05) is 29.8 Å². The highest BCUT2D eigenvalue weighted by molar-refractivity contribution is 6.32. The van der Waals surface area contributed by atoms with Crippen molar-refractivity contribution in [3.05, 3.63) is 59.0 Å². The molecule has 0 saturated heterocycles. The number of carbonyl (C=O) groups is 1. The van der Waals surface area contributed by atoms with Gasteiger partial charge in [0.1, 0.15) is 6.33 Å². The largest absolute Gasteiger partial charge is 0.364 e. The number of aryl methyl sites for hydroxylation is 2. The topological polar surface area (TPSA) is 83.6 Å². The lowest BCUT2D eigenvalue weighted by Crippen LogP contribution is -2.13. The summed E-state index contributed by atoms with van der Waals surface area (Å²) in [5, 5.41) is 3.08. The van der Waals surface area contributed by atoms with Crippen molar-refractivity contribution in [2.75, 3.05) is 5.32 Å². The Morgan fingerprint density at radius 2 is 2.21 bits per heavy atom. The average Bonchev–Trinajstić information content (AvgIpc) is 2.93. The summed E-state index contributed by atoms with van der Waals surface area (Å²) < 4.78 is 0. The Morgan fingerprint density at radius 3 is 3.08 bits per heavy atom. The third-order valence-corrected chi connectivity index (χ3v) is 4.41. The molecule has 7 heteroatoms. The van der Waals surface area contributed by atoms with Crippen LogP contribution in [0.2, 0.25) is 5.15 Å². The molecule has 0 aliphatic heterocycles. The van der Waals surface area contributed by atoms with Gasteiger partial charge in [0.05, 0.1) is 16.9 Å². The third-order valence-electron chi connectivity index (χ3n) is 4.11. The quantitative estimate of drug-likeness (QED) is 0.702. The number of hydrogen-bond acceptors (Lipinski definition) is 4. The van der Waals surface area contributed by atoms with Gasteiger partial charge in [0.15, 0.2) is 5.15 Å². The van der Waals surface area contributed by atoms with Crippen molar-refractivity contribution in [1.29, 1.82) is 0 Å². The molecule has 6 nitrogen and oxygen atoms in total. The number of pyridine rings is 1. The maximum absolute atomic E-state index is 12.8. The monoisotopic (exact) mass is 339 g/mol. The molecule has 3 aromatic rings. The molecule has 0 fully saturated rings. The molecule has 3 heterocycles. The minimum absolute atomic E-state index is 0.242. The average molecular weight is 340 g/mol. The van der Waals surface area contributed by atoms with Gasteiger partial charge in [-0.3, -0.25) is 4.79 Å². The number of fused-ring (bicyclic) bond motifs is 3. The van der Waals surface area contributed by atoms with Crippen LogP contribution < -0.4 is 5.32 Å². The molecule has 1 aliphatic rings. The SMILES string of the molecule is O=C(Nc1cccnc1Cl)c1c[nH]c2c1-c1ncncc1CCC2. The summed E-state index contributed by atoms with van der Waals surface area (Å²) >= 11 is 6.03. The number of aromatic nitrogens is 4. The second-order valence-electron chi connectivity index (χ2n) is 5.60. The van der Waals surface area contributed by atoms with Crippen molar-refractivity contribution >= 4 is 23.2 Å². The van der Waals surface area contributed by atoms with Crippen LogP contribution in [0.1, 0.15) is 28.0 Å². The van der Waals surface area contributed by atoms with Crippen LogP contribution in [0, 0.1) is 0 Å². The second-order valence-corrected chi connectivity index (χ2v) is 5.96. The normalized spacial score (nSPS) is 12.9. The molecule has 2 N–H and O–H groups in total. The summed E-state index contributed by atoms with van der Waals surface area (Å²) in [6.07, 6.45) is 9.39. The lowest BCUT2D eigenvalue weighted by molar-refractivity contribution is 0.102. The summed E-state index contributed by atoms with van der Waals surface area (Å²) in [6.45, 7) is 0. The first kappa shape index (κ1) is 14.8. The predicted molar refractivity (Wildman–Crippen MR) is 91.0 cm³/mol. The molecule has 120 valence electrons. The molecular formula is C17H14ClN5O. The Balaban J connectivity index is 1.76. The van der Waals surface area contributed by atoms with Crippen LogP contribution in [-0.2, 0) is 12.8 Å². The summed E-state index contributed by atoms with van der Waals surface area (Å²) in [5.74, 6) is -0.242. The van der Waals surface area contributed by atoms with Crippen LogP contribution in [-0.4, -0.2) is 25.8 Å². The first-order chi connectivity index (χ1) is 11.7. The third kappa shape index (κ3) is 2.55. The summed E-state index contributed by atoms with van der Waals surface area (Å²) in [4.78, 5) is 28.5. The lowest BCUT2D eigenvalue weighted by Gasteiger charge is -2.09. The molecular weight excluding hydrogens is 326 g/mol. The molecule has 0 saturated carbocycles. The Hall–Kier alpha value is -2.73. The number of H-pyrrole nitrogens is 1. The number of carbonyl (C=O) groups excluding carboxylic acids is 1. The predicted octanol–water partition coefficient (Wildman–Crippen LogP) is 3.26. The second kappa shape index (κ2) is 6.05. The van der Waals surface area contributed by atoms with Gasteiger partial charge in [0.25, 0.3) is 5.91 Å². The molecule has 0 bridgehead atoms. The van der Waals surface area contributed by atoms with Gasteiger partial charge in [-0.25, -0.2) is 15.0 Å². The van der Waals surface area contributed by atoms with Crippen molar-refractivity contribution in [2.24, 2.45) is 0 Å². The fourth-order valence-corrected chi connectivity index (χ4v) is 3.17. The first-order valence-corrected chi connectivity index (χ1v) is 8.03. The van der Waals surface area contributed by atoms with Crippen LogP contribution in [0.5, 0.6) is 0 Å². The van der Waals surface area contributed by atoms with E-state index in [1.54, 1.807) is 24.5 Å². The van der Waals surface area contributed by atoms with Crippen LogP contribution in [0.25, 0.3) is 11.3 Å². The van der Waals surface area contributed by atoms with Crippen LogP contribution >= 0.6 is 11.6 Å². The van der Waals surface area contributed by atoms with E-state index in [0.29, 0.717) is 11.3 Å². The van der Waals surface area contributed by atoms with E-state index in [1.807, 2.05) is 6.20 Å². The summed E-state index contributed by atoms with van der Waals surface area (Å²) in [5.41, 5.74) is 4.78. The van der Waals surface area contributed by atoms with E-state index in [9.17, 15) is 4.79 Å². The van der Waals surface area contributed by atoms with E-state index in [1.165, 1.54) is 6.33 Å². The van der Waals surface area contributed by atoms with Gasteiger partial charge in [-0.15, -0.1) is 0 Å². The van der Waals surface area contributed by atoms with E-state index in [-0.39, 0.29) is 11.1 Å². The first-order valence-electron chi connectivity index (χ1n) is 7.65. The molecule has 0 atom stereocenters. The molecule has 0 spiro atoms. The van der Waals surface area contributed by atoms with E-state index in [0.717, 1.165) is 41.8 Å². The maximum atomic E-state index is 12.8. The Labute approximate surface area is 143 Å². The molecule has 0 aromatic carbocycles. The zero-order valence-corrected chi connectivity index (χ0v) is 13.5. The van der Waals surface area contributed by atoms with E-state index < -0.39 is 0 Å². The van der Waals surface area contributed by atoms with E-state index in [4.69, 9.17) is 11.6 Å². The lowest BCUT2D eigenvalue weighted by atomic mass is 10.0. The number of halogens is 1. The van der Waals surface area contributed by atoms with Gasteiger partial charge in [-0.05, 0) is 37.0 Å². The fraction of sp³-hybridized carbons (Fsp3) is 0.176. The molecule has 0 unspecified atom stereocenters. The van der Waals surface area contributed by atoms with Crippen molar-refractivity contribution in [3.63, 3.8) is 0 Å². The molecule has 1 amide bonds. The summed E-state index contributed by atoms with van der Waals surface area (Å²) in [7, 11) is 0. The van der Waals surface area contributed by atoms with Gasteiger partial charge in [-0.1, -0.05) is 11.6 Å². The highest BCUT2D eigenvalue weighted by Crippen LogP contribution is 2.33. The summed E-state index contributed by atoms with van der Waals surface area (Å²) in [6, 6.07) is 3.44. The number of rotatable bonds is 2. The van der Waals surface area contributed by atoms with Gasteiger partial charge in [-0.2, -0.15) is 0 Å². The zero-order valence-electron chi connectivity index (χ0n) is 12.7. The number of nitrogens with one attached hydrogen (secondary N) is 2. The standard InChI is InChI=1S/C17H14ClN5O/c18-16-13(5-2-6-20-16)23-17(24)11-8-21-12-4-1-3-10-7-19-9-22-15(10)14(11)12/h2,5-9,21H,1,3-4H2,(H,23,24). The molecule has 1 aliphatic carbocycles. The Morgan fingerprint density at radius 1 is 1.29 bits per heavy atom. The number of anilines is 1. The number of nitrogens with zero attached hydrogens (tertiary/aromatic N) is 3. The molecule has 0 radical (unpaired) electrons. The Kier molecular flexibility index (Phi) is 3.74. The number of amides is 1. The van der Waals surface area contributed by atoms with Crippen molar-refractivity contribution in [1.82, 2.24) is 19.9 Å². The zero-order chi connectivity index (χ0) is 16.5.